The number of likely N-dealkylation sites (N-methyl/N-ethyl adjacent to an activating group) is 1. The lowest BCUT2D eigenvalue weighted by Crippen LogP contribution is -2.58. The summed E-state index contributed by atoms with van der Waals surface area (Å²) in [5.41, 5.74) is 7.46. The lowest BCUT2D eigenvalue weighted by molar-refractivity contribution is 0.139. The van der Waals surface area contributed by atoms with Gasteiger partial charge in [-0.05, 0) is 39.1 Å². The Morgan fingerprint density at radius 1 is 1.40 bits per heavy atom. The van der Waals surface area contributed by atoms with Crippen LogP contribution >= 0.6 is 11.6 Å². The van der Waals surface area contributed by atoms with Crippen LogP contribution in [0.2, 0.25) is 5.02 Å². The minimum atomic E-state index is 0.0697. The summed E-state index contributed by atoms with van der Waals surface area (Å²) in [6.45, 7) is 7.14. The molecule has 0 amide bonds. The highest BCUT2D eigenvalue weighted by atomic mass is 35.5. The Morgan fingerprint density at radius 3 is 2.70 bits per heavy atom. The number of nitrogens with two attached hydrogens (primary N) is 1. The van der Waals surface area contributed by atoms with E-state index in [9.17, 15) is 0 Å². The molecule has 1 aliphatic heterocycles. The molecule has 110 valence electrons. The van der Waals surface area contributed by atoms with E-state index in [0.29, 0.717) is 10.6 Å². The summed E-state index contributed by atoms with van der Waals surface area (Å²) in [6.07, 6.45) is 0. The van der Waals surface area contributed by atoms with Crippen molar-refractivity contribution in [2.75, 3.05) is 31.6 Å². The predicted octanol–water partition coefficient (Wildman–Crippen LogP) is 1.96. The number of piperazine rings is 1. The van der Waals surface area contributed by atoms with Gasteiger partial charge < -0.3 is 15.8 Å². The maximum absolute atomic E-state index is 8.94. The van der Waals surface area contributed by atoms with Crippen LogP contribution in [0.4, 0.5) is 5.69 Å². The number of hydrogen-bond acceptors (Lipinski definition) is 4. The molecule has 5 nitrogen and oxygen atoms in total. The topological polar surface area (TPSA) is 65.1 Å². The van der Waals surface area contributed by atoms with Gasteiger partial charge in [0.2, 0.25) is 0 Å². The van der Waals surface area contributed by atoms with Gasteiger partial charge in [0.25, 0.3) is 0 Å². The molecule has 1 aromatic carbocycles. The molecule has 0 spiro atoms. The smallest absolute Gasteiger partial charge is 0.172 e. The molecule has 0 aromatic heterocycles. The van der Waals surface area contributed by atoms with Gasteiger partial charge in [-0.1, -0.05) is 16.8 Å². The van der Waals surface area contributed by atoms with Crippen molar-refractivity contribution < 1.29 is 5.21 Å². The minimum absolute atomic E-state index is 0.0697. The summed E-state index contributed by atoms with van der Waals surface area (Å²) >= 11 is 6.02. The number of rotatable bonds is 2. The van der Waals surface area contributed by atoms with E-state index in [0.717, 1.165) is 25.3 Å². The lowest BCUT2D eigenvalue weighted by atomic mass is 9.98. The van der Waals surface area contributed by atoms with E-state index in [1.54, 1.807) is 6.07 Å². The Hall–Kier alpha value is -1.46. The molecule has 1 aliphatic rings. The van der Waals surface area contributed by atoms with Gasteiger partial charge in [0.15, 0.2) is 5.84 Å². The summed E-state index contributed by atoms with van der Waals surface area (Å²) in [5, 5.41) is 12.6. The van der Waals surface area contributed by atoms with Gasteiger partial charge in [0.1, 0.15) is 0 Å². The maximum Gasteiger partial charge on any atom is 0.172 e. The first-order chi connectivity index (χ1) is 9.35. The van der Waals surface area contributed by atoms with E-state index in [4.69, 9.17) is 22.5 Å². The number of benzene rings is 1. The molecule has 1 saturated heterocycles. The quantitative estimate of drug-likeness (QED) is 0.379. The molecule has 0 bridgehead atoms. The molecule has 1 aromatic rings. The van der Waals surface area contributed by atoms with Crippen LogP contribution < -0.4 is 10.6 Å². The number of hydrogen-bond donors (Lipinski definition) is 2. The van der Waals surface area contributed by atoms with Crippen molar-refractivity contribution in [3.63, 3.8) is 0 Å². The number of halogens is 1. The van der Waals surface area contributed by atoms with Crippen molar-refractivity contribution in [2.45, 2.75) is 19.4 Å². The Bertz CT molecular complexity index is 530. The fourth-order valence-corrected chi connectivity index (χ4v) is 2.66. The molecule has 1 fully saturated rings. The van der Waals surface area contributed by atoms with Crippen molar-refractivity contribution in [2.24, 2.45) is 10.9 Å². The second-order valence-corrected chi connectivity index (χ2v) is 6.24. The first kappa shape index (κ1) is 14.9. The zero-order valence-electron chi connectivity index (χ0n) is 12.1. The summed E-state index contributed by atoms with van der Waals surface area (Å²) < 4.78 is 0. The zero-order valence-corrected chi connectivity index (χ0v) is 12.9. The number of amidine groups is 1. The van der Waals surface area contributed by atoms with Crippen molar-refractivity contribution in [1.82, 2.24) is 4.90 Å². The highest BCUT2D eigenvalue weighted by Crippen LogP contribution is 2.29. The van der Waals surface area contributed by atoms with Crippen molar-refractivity contribution in [3.05, 3.63) is 28.8 Å². The zero-order chi connectivity index (χ0) is 14.9. The van der Waals surface area contributed by atoms with Gasteiger partial charge in [-0.25, -0.2) is 0 Å². The second kappa shape index (κ2) is 5.50. The Balaban J connectivity index is 2.38. The van der Waals surface area contributed by atoms with E-state index in [2.05, 4.69) is 35.9 Å². The second-order valence-electron chi connectivity index (χ2n) is 5.80. The SMILES string of the molecule is CN1CCN(c2ccc(Cl)cc2C(N)=NO)CC1(C)C. The standard InChI is InChI=1S/C14H21ClN4O/c1-14(2)9-19(7-6-18(14)3)12-5-4-10(15)8-11(12)13(16)17-20/h4-5,8,20H,6-7,9H2,1-3H3,(H2,16,17). The molecule has 0 saturated carbocycles. The molecule has 20 heavy (non-hydrogen) atoms. The summed E-state index contributed by atoms with van der Waals surface area (Å²) in [7, 11) is 2.13. The molecule has 3 N–H and O–H groups in total. The average molecular weight is 297 g/mol. The minimum Gasteiger partial charge on any atom is -0.409 e. The van der Waals surface area contributed by atoms with Crippen LogP contribution in [-0.4, -0.2) is 48.2 Å². The third kappa shape index (κ3) is 2.83. The average Bonchev–Trinajstić information content (AvgIpc) is 2.41. The number of nitrogens with zero attached hydrogens (tertiary/aromatic N) is 3. The van der Waals surface area contributed by atoms with Crippen molar-refractivity contribution in [1.29, 1.82) is 0 Å². The first-order valence-corrected chi connectivity index (χ1v) is 6.96. The fourth-order valence-electron chi connectivity index (χ4n) is 2.49. The van der Waals surface area contributed by atoms with Crippen LogP contribution in [0.15, 0.2) is 23.4 Å². The molecule has 0 unspecified atom stereocenters. The first-order valence-electron chi connectivity index (χ1n) is 6.59. The molecular weight excluding hydrogens is 276 g/mol. The van der Waals surface area contributed by atoms with E-state index >= 15 is 0 Å². The molecule has 6 heteroatoms. The number of anilines is 1. The van der Waals surface area contributed by atoms with Gasteiger partial charge in [-0.15, -0.1) is 0 Å². The van der Waals surface area contributed by atoms with Crippen LogP contribution in [0, 0.1) is 0 Å². The Labute approximate surface area is 124 Å². The van der Waals surface area contributed by atoms with Crippen molar-refractivity contribution >= 4 is 23.1 Å². The monoisotopic (exact) mass is 296 g/mol. The Morgan fingerprint density at radius 2 is 2.10 bits per heavy atom. The van der Waals surface area contributed by atoms with E-state index in [1.165, 1.54) is 0 Å². The molecule has 2 rings (SSSR count). The van der Waals surface area contributed by atoms with Crippen LogP contribution in [-0.2, 0) is 0 Å². The summed E-state index contributed by atoms with van der Waals surface area (Å²) in [5.74, 6) is 0.0826. The van der Waals surface area contributed by atoms with Gasteiger partial charge in [0.05, 0.1) is 0 Å². The van der Waals surface area contributed by atoms with E-state index < -0.39 is 0 Å². The van der Waals surface area contributed by atoms with Gasteiger partial charge in [0, 0.05) is 41.4 Å². The third-order valence-electron chi connectivity index (χ3n) is 4.00. The third-order valence-corrected chi connectivity index (χ3v) is 4.23. The summed E-state index contributed by atoms with van der Waals surface area (Å²) in [4.78, 5) is 4.59. The molecule has 1 heterocycles. The summed E-state index contributed by atoms with van der Waals surface area (Å²) in [6, 6.07) is 5.49. The van der Waals surface area contributed by atoms with Gasteiger partial charge in [-0.3, -0.25) is 4.90 Å². The molecule has 0 radical (unpaired) electrons. The maximum atomic E-state index is 8.94. The fraction of sp³-hybridized carbons (Fsp3) is 0.500. The highest BCUT2D eigenvalue weighted by molar-refractivity contribution is 6.31. The van der Waals surface area contributed by atoms with Crippen LogP contribution in [0.1, 0.15) is 19.4 Å². The van der Waals surface area contributed by atoms with Crippen LogP contribution in [0.3, 0.4) is 0 Å². The normalized spacial score (nSPS) is 20.2. The van der Waals surface area contributed by atoms with Crippen molar-refractivity contribution in [3.8, 4) is 0 Å². The molecule has 0 atom stereocenters. The van der Waals surface area contributed by atoms with Crippen LogP contribution in [0.5, 0.6) is 0 Å². The van der Waals surface area contributed by atoms with Gasteiger partial charge in [-0.2, -0.15) is 0 Å². The highest BCUT2D eigenvalue weighted by Gasteiger charge is 2.32. The van der Waals surface area contributed by atoms with E-state index in [-0.39, 0.29) is 11.4 Å². The molecular formula is C14H21ClN4O. The lowest BCUT2D eigenvalue weighted by Gasteiger charge is -2.46. The Kier molecular flexibility index (Phi) is 4.11. The van der Waals surface area contributed by atoms with E-state index in [1.807, 2.05) is 12.1 Å². The molecule has 0 aliphatic carbocycles. The largest absolute Gasteiger partial charge is 0.409 e. The van der Waals surface area contributed by atoms with Gasteiger partial charge >= 0.3 is 0 Å². The predicted molar refractivity (Wildman–Crippen MR) is 82.9 cm³/mol. The van der Waals surface area contributed by atoms with Crippen LogP contribution in [0.25, 0.3) is 0 Å². The number of oxime groups is 1.